The Morgan fingerprint density at radius 1 is 1.50 bits per heavy atom. The summed E-state index contributed by atoms with van der Waals surface area (Å²) in [4.78, 5) is 15.2. The molecule has 0 unspecified atom stereocenters. The number of halogens is 2. The Kier molecular flexibility index (Phi) is 3.63. The van der Waals surface area contributed by atoms with Crippen LogP contribution in [-0.4, -0.2) is 22.8 Å². The molecule has 2 N–H and O–H groups in total. The lowest BCUT2D eigenvalue weighted by Gasteiger charge is -2.49. The van der Waals surface area contributed by atoms with Crippen LogP contribution in [0.25, 0.3) is 0 Å². The fourth-order valence-corrected chi connectivity index (χ4v) is 3.58. The van der Waals surface area contributed by atoms with E-state index in [2.05, 4.69) is 26.2 Å². The highest BCUT2D eigenvalue weighted by Gasteiger charge is 2.50. The van der Waals surface area contributed by atoms with Gasteiger partial charge in [0.15, 0.2) is 0 Å². The Morgan fingerprint density at radius 3 is 2.82 bits per heavy atom. The molecule has 1 aliphatic carbocycles. The molecule has 0 saturated heterocycles. The first-order valence-corrected chi connectivity index (χ1v) is 7.86. The highest BCUT2D eigenvalue weighted by Crippen LogP contribution is 2.49. The van der Waals surface area contributed by atoms with Crippen LogP contribution in [0.15, 0.2) is 27.7 Å². The van der Waals surface area contributed by atoms with Crippen molar-refractivity contribution in [1.82, 2.24) is 5.32 Å². The Labute approximate surface area is 135 Å². The second-order valence-corrected chi connectivity index (χ2v) is 6.98. The van der Waals surface area contributed by atoms with Crippen LogP contribution in [0, 0.1) is 5.82 Å². The molecule has 0 aromatic heterocycles. The Balaban J connectivity index is 2.05. The number of benzene rings is 1. The van der Waals surface area contributed by atoms with E-state index in [9.17, 15) is 9.18 Å². The third-order valence-electron chi connectivity index (χ3n) is 4.32. The first-order chi connectivity index (χ1) is 10.3. The van der Waals surface area contributed by atoms with Crippen molar-refractivity contribution in [2.75, 3.05) is 0 Å². The molecule has 1 amide bonds. The molecule has 3 rings (SSSR count). The van der Waals surface area contributed by atoms with Crippen LogP contribution >= 0.6 is 15.9 Å². The third kappa shape index (κ3) is 2.69. The monoisotopic (exact) mass is 370 g/mol. The average Bonchev–Trinajstić information content (AvgIpc) is 2.38. The predicted molar refractivity (Wildman–Crippen MR) is 82.3 cm³/mol. The van der Waals surface area contributed by atoms with Gasteiger partial charge in [0.2, 0.25) is 0 Å². The van der Waals surface area contributed by atoms with Crippen LogP contribution < -0.4 is 5.32 Å². The second kappa shape index (κ2) is 5.22. The highest BCUT2D eigenvalue weighted by molar-refractivity contribution is 9.10. The van der Waals surface area contributed by atoms with E-state index in [0.29, 0.717) is 12.0 Å². The zero-order chi connectivity index (χ0) is 16.0. The standard InChI is InChI=1S/C15H16BrFN2O3/c1-14(10-7-9(16)3-4-11(10)17)8-15(5-2-6-15)22-12(19-14)18-13(20)21/h3-4,7H,2,5-6,8H2,1H3,(H,18,19)(H,20,21)/t14-/m0/s1. The summed E-state index contributed by atoms with van der Waals surface area (Å²) in [6, 6.07) is 4.64. The first kappa shape index (κ1) is 15.3. The van der Waals surface area contributed by atoms with E-state index in [-0.39, 0.29) is 11.8 Å². The summed E-state index contributed by atoms with van der Waals surface area (Å²) in [5.41, 5.74) is -0.894. The van der Waals surface area contributed by atoms with E-state index in [1.54, 1.807) is 12.1 Å². The van der Waals surface area contributed by atoms with Gasteiger partial charge in [-0.2, -0.15) is 0 Å². The average molecular weight is 371 g/mol. The number of aliphatic imine (C=N–C) groups is 1. The molecule has 1 aliphatic heterocycles. The van der Waals surface area contributed by atoms with E-state index in [1.165, 1.54) is 6.07 Å². The van der Waals surface area contributed by atoms with Crippen molar-refractivity contribution in [2.24, 2.45) is 4.99 Å². The molecule has 0 bridgehead atoms. The number of carbonyl (C=O) groups is 1. The Bertz CT molecular complexity index is 660. The van der Waals surface area contributed by atoms with Gasteiger partial charge in [0.05, 0.1) is 5.54 Å². The van der Waals surface area contributed by atoms with Gasteiger partial charge in [0, 0.05) is 16.5 Å². The number of rotatable bonds is 1. The van der Waals surface area contributed by atoms with Crippen molar-refractivity contribution < 1.29 is 19.0 Å². The van der Waals surface area contributed by atoms with Gasteiger partial charge in [-0.15, -0.1) is 0 Å². The van der Waals surface area contributed by atoms with Gasteiger partial charge in [-0.3, -0.25) is 0 Å². The maximum Gasteiger partial charge on any atom is 0.412 e. The predicted octanol–water partition coefficient (Wildman–Crippen LogP) is 3.77. The van der Waals surface area contributed by atoms with Crippen molar-refractivity contribution in [3.05, 3.63) is 34.1 Å². The van der Waals surface area contributed by atoms with Gasteiger partial charge in [-0.25, -0.2) is 19.5 Å². The third-order valence-corrected chi connectivity index (χ3v) is 4.81. The van der Waals surface area contributed by atoms with E-state index in [1.807, 2.05) is 6.92 Å². The van der Waals surface area contributed by atoms with Crippen LogP contribution in [0.1, 0.15) is 38.2 Å². The van der Waals surface area contributed by atoms with Crippen molar-refractivity contribution in [2.45, 2.75) is 43.7 Å². The maximum atomic E-state index is 14.3. The summed E-state index contributed by atoms with van der Waals surface area (Å²) < 4.78 is 20.8. The molecule has 118 valence electrons. The van der Waals surface area contributed by atoms with E-state index in [0.717, 1.165) is 23.7 Å². The zero-order valence-electron chi connectivity index (χ0n) is 12.0. The number of carboxylic acid groups (broad SMARTS) is 1. The van der Waals surface area contributed by atoms with Crippen LogP contribution in [0.2, 0.25) is 0 Å². The minimum absolute atomic E-state index is 0.0553. The van der Waals surface area contributed by atoms with Gasteiger partial charge >= 0.3 is 6.09 Å². The van der Waals surface area contributed by atoms with Crippen LogP contribution in [0.4, 0.5) is 9.18 Å². The van der Waals surface area contributed by atoms with E-state index in [4.69, 9.17) is 9.84 Å². The van der Waals surface area contributed by atoms with E-state index < -0.39 is 17.2 Å². The van der Waals surface area contributed by atoms with Crippen LogP contribution in [0.3, 0.4) is 0 Å². The molecular weight excluding hydrogens is 355 g/mol. The molecule has 22 heavy (non-hydrogen) atoms. The number of nitrogens with zero attached hydrogens (tertiary/aromatic N) is 1. The van der Waals surface area contributed by atoms with Gasteiger partial charge in [-0.1, -0.05) is 15.9 Å². The molecule has 1 fully saturated rings. The molecule has 1 aromatic rings. The number of amidine groups is 1. The summed E-state index contributed by atoms with van der Waals surface area (Å²) in [7, 11) is 0. The Hall–Kier alpha value is -1.63. The molecule has 1 heterocycles. The van der Waals surface area contributed by atoms with Crippen molar-refractivity contribution >= 4 is 28.0 Å². The van der Waals surface area contributed by atoms with Gasteiger partial charge in [0.1, 0.15) is 11.4 Å². The molecule has 1 spiro atoms. The quantitative estimate of drug-likeness (QED) is 0.790. The minimum Gasteiger partial charge on any atom is -0.465 e. The summed E-state index contributed by atoms with van der Waals surface area (Å²) in [6.45, 7) is 1.81. The van der Waals surface area contributed by atoms with Crippen molar-refractivity contribution in [1.29, 1.82) is 0 Å². The van der Waals surface area contributed by atoms with Crippen LogP contribution in [0.5, 0.6) is 0 Å². The molecule has 1 saturated carbocycles. The van der Waals surface area contributed by atoms with Crippen molar-refractivity contribution in [3.8, 4) is 0 Å². The van der Waals surface area contributed by atoms with Crippen molar-refractivity contribution in [3.63, 3.8) is 0 Å². The molecule has 2 aliphatic rings. The topological polar surface area (TPSA) is 70.9 Å². The number of hydrogen-bond donors (Lipinski definition) is 2. The summed E-state index contributed by atoms with van der Waals surface area (Å²) >= 11 is 3.35. The fraction of sp³-hybridized carbons (Fsp3) is 0.467. The summed E-state index contributed by atoms with van der Waals surface area (Å²) in [5.74, 6) is -0.361. The van der Waals surface area contributed by atoms with E-state index >= 15 is 0 Å². The molecule has 7 heteroatoms. The molecule has 1 atom stereocenters. The van der Waals surface area contributed by atoms with Gasteiger partial charge in [0.25, 0.3) is 6.02 Å². The normalized spacial score (nSPS) is 25.9. The van der Waals surface area contributed by atoms with Gasteiger partial charge < -0.3 is 9.84 Å². The SMILES string of the molecule is C[C@@]1(c2cc(Br)ccc2F)CC2(CCC2)OC(NC(=O)O)=N1. The number of nitrogens with one attached hydrogen (secondary N) is 1. The molecule has 5 nitrogen and oxygen atoms in total. The summed E-state index contributed by atoms with van der Waals surface area (Å²) in [6.07, 6.45) is 1.93. The maximum absolute atomic E-state index is 14.3. The highest BCUT2D eigenvalue weighted by atomic mass is 79.9. The van der Waals surface area contributed by atoms with Crippen LogP contribution in [-0.2, 0) is 10.3 Å². The summed E-state index contributed by atoms with van der Waals surface area (Å²) in [5, 5.41) is 11.1. The minimum atomic E-state index is -1.24. The molecular formula is C15H16BrFN2O3. The molecule has 0 radical (unpaired) electrons. The lowest BCUT2D eigenvalue weighted by Crippen LogP contribution is -2.54. The second-order valence-electron chi connectivity index (χ2n) is 6.06. The largest absolute Gasteiger partial charge is 0.465 e. The lowest BCUT2D eigenvalue weighted by atomic mass is 9.69. The number of amides is 1. The molecule has 1 aromatic carbocycles. The lowest BCUT2D eigenvalue weighted by molar-refractivity contribution is -0.0604. The zero-order valence-corrected chi connectivity index (χ0v) is 13.6. The van der Waals surface area contributed by atoms with Gasteiger partial charge in [-0.05, 0) is 44.4 Å². The fourth-order valence-electron chi connectivity index (χ4n) is 3.22. The number of ether oxygens (including phenoxy) is 1. The first-order valence-electron chi connectivity index (χ1n) is 7.06. The number of hydrogen-bond acceptors (Lipinski definition) is 3. The Morgan fingerprint density at radius 2 is 2.23 bits per heavy atom. The smallest absolute Gasteiger partial charge is 0.412 e.